The van der Waals surface area contributed by atoms with E-state index in [1.165, 1.54) is 18.9 Å². The number of hydrogen-bond donors (Lipinski definition) is 2. The van der Waals surface area contributed by atoms with Crippen LogP contribution < -0.4 is 10.1 Å². The molecule has 4 rings (SSSR count). The molecule has 1 atom stereocenters. The van der Waals surface area contributed by atoms with Gasteiger partial charge in [0.2, 0.25) is 11.1 Å². The summed E-state index contributed by atoms with van der Waals surface area (Å²) < 4.78 is 6.99. The van der Waals surface area contributed by atoms with Gasteiger partial charge in [-0.15, -0.1) is 5.10 Å². The first-order chi connectivity index (χ1) is 12.1. The van der Waals surface area contributed by atoms with Gasteiger partial charge < -0.3 is 15.2 Å². The Morgan fingerprint density at radius 1 is 1.40 bits per heavy atom. The Morgan fingerprint density at radius 2 is 2.24 bits per heavy atom. The van der Waals surface area contributed by atoms with Crippen LogP contribution in [0.5, 0.6) is 11.5 Å². The standard InChI is InChI=1S/C17H18N4O3S/c1-24-13-8-9(6-7-11(13)22)15-14-10(4-3-5-12(14)23)18-16-19-17(25-2)20-21(15)16/h6-8,15,22H,3-5H2,1-2H3,(H,18,19,20)/t15-/m0/s1. The lowest BCUT2D eigenvalue weighted by molar-refractivity contribution is -0.116. The first kappa shape index (κ1) is 16.0. The second-order valence-corrected chi connectivity index (χ2v) is 6.77. The summed E-state index contributed by atoms with van der Waals surface area (Å²) in [5.74, 6) is 1.19. The molecular weight excluding hydrogens is 340 g/mol. The van der Waals surface area contributed by atoms with Crippen LogP contribution in [0.3, 0.4) is 0 Å². The van der Waals surface area contributed by atoms with Crippen LogP contribution in [0.2, 0.25) is 0 Å². The van der Waals surface area contributed by atoms with Crippen LogP contribution >= 0.6 is 11.8 Å². The highest BCUT2D eigenvalue weighted by Crippen LogP contribution is 2.42. The number of ether oxygens (including phenoxy) is 1. The van der Waals surface area contributed by atoms with Crippen molar-refractivity contribution in [2.24, 2.45) is 0 Å². The molecule has 2 aliphatic rings. The maximum Gasteiger partial charge on any atom is 0.227 e. The Morgan fingerprint density at radius 3 is 3.00 bits per heavy atom. The summed E-state index contributed by atoms with van der Waals surface area (Å²) in [5.41, 5.74) is 2.47. The molecule has 1 aromatic carbocycles. The van der Waals surface area contributed by atoms with E-state index in [2.05, 4.69) is 15.4 Å². The SMILES string of the molecule is COc1cc([C@H]2C3=C(CCCC3=O)Nc3nc(SC)nn32)ccc1O. The topological polar surface area (TPSA) is 89.3 Å². The third kappa shape index (κ3) is 2.57. The van der Waals surface area contributed by atoms with Crippen LogP contribution in [0.1, 0.15) is 30.9 Å². The van der Waals surface area contributed by atoms with Crippen molar-refractivity contribution >= 4 is 23.5 Å². The number of aromatic nitrogens is 3. The average molecular weight is 358 g/mol. The Hall–Kier alpha value is -2.48. The van der Waals surface area contributed by atoms with E-state index < -0.39 is 0 Å². The number of hydrogen-bond acceptors (Lipinski definition) is 7. The maximum absolute atomic E-state index is 12.7. The van der Waals surface area contributed by atoms with Crippen molar-refractivity contribution in [2.45, 2.75) is 30.5 Å². The molecule has 2 aromatic rings. The van der Waals surface area contributed by atoms with Crippen molar-refractivity contribution in [3.63, 3.8) is 0 Å². The Labute approximate surface area is 149 Å². The minimum absolute atomic E-state index is 0.0629. The van der Waals surface area contributed by atoms with Gasteiger partial charge in [-0.2, -0.15) is 4.98 Å². The summed E-state index contributed by atoms with van der Waals surface area (Å²) >= 11 is 1.45. The van der Waals surface area contributed by atoms with Crippen molar-refractivity contribution in [3.8, 4) is 11.5 Å². The molecule has 0 saturated heterocycles. The van der Waals surface area contributed by atoms with Gasteiger partial charge in [-0.25, -0.2) is 4.68 Å². The molecule has 0 amide bonds. The molecule has 8 heteroatoms. The van der Waals surface area contributed by atoms with Crippen molar-refractivity contribution in [2.75, 3.05) is 18.7 Å². The highest BCUT2D eigenvalue weighted by atomic mass is 32.2. The normalized spacial score (nSPS) is 19.3. The van der Waals surface area contributed by atoms with E-state index in [0.29, 0.717) is 23.3 Å². The smallest absolute Gasteiger partial charge is 0.227 e. The van der Waals surface area contributed by atoms with Crippen LogP contribution in [0.4, 0.5) is 5.95 Å². The number of phenols is 1. The van der Waals surface area contributed by atoms with E-state index >= 15 is 0 Å². The number of allylic oxidation sites excluding steroid dienone is 2. The number of rotatable bonds is 3. The van der Waals surface area contributed by atoms with Crippen LogP contribution in [-0.4, -0.2) is 39.0 Å². The largest absolute Gasteiger partial charge is 0.504 e. The minimum Gasteiger partial charge on any atom is -0.504 e. The van der Waals surface area contributed by atoms with Gasteiger partial charge in [0.05, 0.1) is 7.11 Å². The number of nitrogens with one attached hydrogen (secondary N) is 1. The second kappa shape index (κ2) is 6.11. The quantitative estimate of drug-likeness (QED) is 0.816. The number of nitrogens with zero attached hydrogens (tertiary/aromatic N) is 3. The Balaban J connectivity index is 1.91. The van der Waals surface area contributed by atoms with Gasteiger partial charge in [-0.1, -0.05) is 17.8 Å². The third-order valence-electron chi connectivity index (χ3n) is 4.55. The summed E-state index contributed by atoms with van der Waals surface area (Å²) in [5, 5.41) is 18.4. The number of carbonyl (C=O) groups is 1. The van der Waals surface area contributed by atoms with Crippen molar-refractivity contribution < 1.29 is 14.6 Å². The summed E-state index contributed by atoms with van der Waals surface area (Å²) in [4.78, 5) is 17.2. The predicted octanol–water partition coefficient (Wildman–Crippen LogP) is 2.74. The van der Waals surface area contributed by atoms with Gasteiger partial charge in [0, 0.05) is 17.7 Å². The molecule has 0 spiro atoms. The van der Waals surface area contributed by atoms with E-state index in [-0.39, 0.29) is 17.6 Å². The number of fused-ring (bicyclic) bond motifs is 1. The molecule has 0 fully saturated rings. The number of methoxy groups -OCH3 is 1. The lowest BCUT2D eigenvalue weighted by atomic mass is 9.85. The molecule has 2 N–H and O–H groups in total. The van der Waals surface area contributed by atoms with Crippen LogP contribution in [0, 0.1) is 0 Å². The fourth-order valence-electron chi connectivity index (χ4n) is 3.40. The molecular formula is C17H18N4O3S. The Kier molecular flexibility index (Phi) is 3.91. The maximum atomic E-state index is 12.7. The van der Waals surface area contributed by atoms with Gasteiger partial charge in [0.15, 0.2) is 17.3 Å². The molecule has 0 bridgehead atoms. The molecule has 7 nitrogen and oxygen atoms in total. The minimum atomic E-state index is -0.373. The molecule has 2 heterocycles. The van der Waals surface area contributed by atoms with E-state index in [1.807, 2.05) is 6.26 Å². The van der Waals surface area contributed by atoms with Crippen molar-refractivity contribution in [1.82, 2.24) is 14.8 Å². The fraction of sp³-hybridized carbons (Fsp3) is 0.353. The zero-order valence-corrected chi connectivity index (χ0v) is 14.8. The van der Waals surface area contributed by atoms with Gasteiger partial charge in [0.25, 0.3) is 0 Å². The third-order valence-corrected chi connectivity index (χ3v) is 5.09. The fourth-order valence-corrected chi connectivity index (χ4v) is 3.74. The van der Waals surface area contributed by atoms with E-state index in [0.717, 1.165) is 29.7 Å². The summed E-state index contributed by atoms with van der Waals surface area (Å²) in [6, 6.07) is 4.75. The first-order valence-corrected chi connectivity index (χ1v) is 9.25. The van der Waals surface area contributed by atoms with E-state index in [4.69, 9.17) is 4.74 Å². The van der Waals surface area contributed by atoms with Crippen molar-refractivity contribution in [3.05, 3.63) is 35.0 Å². The number of thioether (sulfide) groups is 1. The molecule has 0 radical (unpaired) electrons. The lowest BCUT2D eigenvalue weighted by Gasteiger charge is -2.32. The Bertz CT molecular complexity index is 890. The number of phenolic OH excluding ortho intramolecular Hbond substituents is 1. The number of anilines is 1. The molecule has 1 aliphatic carbocycles. The molecule has 0 saturated carbocycles. The zero-order chi connectivity index (χ0) is 17.6. The van der Waals surface area contributed by atoms with Gasteiger partial charge in [-0.3, -0.25) is 4.79 Å². The zero-order valence-electron chi connectivity index (χ0n) is 13.9. The number of carbonyl (C=O) groups excluding carboxylic acids is 1. The summed E-state index contributed by atoms with van der Waals surface area (Å²) in [7, 11) is 1.50. The number of ketones is 1. The van der Waals surface area contributed by atoms with Crippen LogP contribution in [0.25, 0.3) is 0 Å². The first-order valence-electron chi connectivity index (χ1n) is 8.03. The van der Waals surface area contributed by atoms with Gasteiger partial charge in [0.1, 0.15) is 6.04 Å². The highest BCUT2D eigenvalue weighted by Gasteiger charge is 2.37. The number of aromatic hydroxyl groups is 1. The van der Waals surface area contributed by atoms with Crippen LogP contribution in [-0.2, 0) is 4.79 Å². The average Bonchev–Trinajstić information content (AvgIpc) is 3.03. The summed E-state index contributed by atoms with van der Waals surface area (Å²) in [6.45, 7) is 0. The monoisotopic (exact) mass is 358 g/mol. The molecule has 1 aliphatic heterocycles. The second-order valence-electron chi connectivity index (χ2n) is 5.99. The molecule has 1 aromatic heterocycles. The summed E-state index contributed by atoms with van der Waals surface area (Å²) in [6.07, 6.45) is 4.10. The van der Waals surface area contributed by atoms with Crippen molar-refractivity contribution in [1.29, 1.82) is 0 Å². The van der Waals surface area contributed by atoms with Gasteiger partial charge in [-0.05, 0) is 36.8 Å². The number of benzene rings is 1. The van der Waals surface area contributed by atoms with Gasteiger partial charge >= 0.3 is 0 Å². The lowest BCUT2D eigenvalue weighted by Crippen LogP contribution is -2.31. The molecule has 25 heavy (non-hydrogen) atoms. The van der Waals surface area contributed by atoms with E-state index in [1.54, 1.807) is 22.9 Å². The van der Waals surface area contributed by atoms with Crippen LogP contribution in [0.15, 0.2) is 34.6 Å². The number of Topliss-reactive ketones (excluding diaryl/α,β-unsaturated/α-hetero) is 1. The highest BCUT2D eigenvalue weighted by molar-refractivity contribution is 7.98. The van der Waals surface area contributed by atoms with E-state index in [9.17, 15) is 9.90 Å². The molecule has 130 valence electrons. The molecule has 0 unspecified atom stereocenters. The predicted molar refractivity (Wildman–Crippen MR) is 94.1 cm³/mol.